The fourth-order valence-corrected chi connectivity index (χ4v) is 1.20. The molecule has 13 heavy (non-hydrogen) atoms. The molecule has 0 fully saturated rings. The van der Waals surface area contributed by atoms with Crippen molar-refractivity contribution in [2.24, 2.45) is 0 Å². The normalized spacial score (nSPS) is 10.2. The minimum Gasteiger partial charge on any atom is -0.481 e. The Morgan fingerprint density at radius 1 is 1.54 bits per heavy atom. The van der Waals surface area contributed by atoms with Crippen molar-refractivity contribution >= 4 is 0 Å². The molecule has 0 aliphatic rings. The largest absolute Gasteiger partial charge is 0.481 e. The van der Waals surface area contributed by atoms with Gasteiger partial charge in [0.05, 0.1) is 13.7 Å². The summed E-state index contributed by atoms with van der Waals surface area (Å²) < 4.78 is 17.5. The van der Waals surface area contributed by atoms with E-state index in [1.54, 1.807) is 6.92 Å². The number of aryl methyl sites for hydroxylation is 1. The summed E-state index contributed by atoms with van der Waals surface area (Å²) in [7, 11) is 1.44. The molecule has 1 heterocycles. The van der Waals surface area contributed by atoms with Gasteiger partial charge in [0.25, 0.3) is 0 Å². The quantitative estimate of drug-likeness (QED) is 0.773. The number of alkyl halides is 1. The van der Waals surface area contributed by atoms with Gasteiger partial charge in [0.2, 0.25) is 5.88 Å². The molecule has 3 nitrogen and oxygen atoms in total. The molecule has 1 aromatic rings. The first-order valence-corrected chi connectivity index (χ1v) is 3.92. The van der Waals surface area contributed by atoms with E-state index in [1.807, 2.05) is 0 Å². The molecule has 1 aromatic heterocycles. The van der Waals surface area contributed by atoms with E-state index in [0.717, 1.165) is 5.56 Å². The van der Waals surface area contributed by atoms with Crippen LogP contribution in [0.25, 0.3) is 0 Å². The van der Waals surface area contributed by atoms with Crippen molar-refractivity contribution in [2.45, 2.75) is 20.2 Å². The molecule has 0 saturated carbocycles. The number of hydrogen-bond donors (Lipinski definition) is 1. The van der Waals surface area contributed by atoms with E-state index >= 15 is 0 Å². The third-order valence-electron chi connectivity index (χ3n) is 1.96. The number of hydrogen-bond acceptors (Lipinski definition) is 3. The van der Waals surface area contributed by atoms with E-state index in [9.17, 15) is 4.39 Å². The van der Waals surface area contributed by atoms with Gasteiger partial charge in [0.1, 0.15) is 6.67 Å². The maximum Gasteiger partial charge on any atom is 0.218 e. The van der Waals surface area contributed by atoms with Crippen LogP contribution in [0.2, 0.25) is 0 Å². The Bertz CT molecular complexity index is 302. The number of aliphatic hydroxyl groups excluding tert-OH is 1. The van der Waals surface area contributed by atoms with Crippen LogP contribution in [0, 0.1) is 6.92 Å². The second-order valence-corrected chi connectivity index (χ2v) is 2.70. The lowest BCUT2D eigenvalue weighted by Gasteiger charge is -2.10. The average Bonchev–Trinajstić information content (AvgIpc) is 2.17. The summed E-state index contributed by atoms with van der Waals surface area (Å²) in [6.07, 6.45) is 1.53. The minimum atomic E-state index is -0.611. The Labute approximate surface area is 76.2 Å². The summed E-state index contributed by atoms with van der Waals surface area (Å²) in [4.78, 5) is 3.93. The van der Waals surface area contributed by atoms with Crippen molar-refractivity contribution in [3.63, 3.8) is 0 Å². The molecule has 4 heteroatoms. The number of aromatic nitrogens is 1. The van der Waals surface area contributed by atoms with Gasteiger partial charge < -0.3 is 9.84 Å². The molecule has 0 spiro atoms. The van der Waals surface area contributed by atoms with Crippen LogP contribution in [0.15, 0.2) is 6.20 Å². The van der Waals surface area contributed by atoms with Crippen molar-refractivity contribution in [1.82, 2.24) is 4.98 Å². The van der Waals surface area contributed by atoms with Gasteiger partial charge in [-0.1, -0.05) is 0 Å². The third-order valence-corrected chi connectivity index (χ3v) is 1.96. The molecule has 0 radical (unpaired) electrons. The smallest absolute Gasteiger partial charge is 0.218 e. The molecule has 0 aliphatic carbocycles. The lowest BCUT2D eigenvalue weighted by molar-refractivity contribution is 0.268. The average molecular weight is 185 g/mol. The number of rotatable bonds is 3. The molecule has 0 atom stereocenters. The monoisotopic (exact) mass is 185 g/mol. The molecule has 1 N–H and O–H groups in total. The van der Waals surface area contributed by atoms with Gasteiger partial charge in [-0.3, -0.25) is 0 Å². The lowest BCUT2D eigenvalue weighted by Crippen LogP contribution is -2.02. The van der Waals surface area contributed by atoms with E-state index in [-0.39, 0.29) is 6.61 Å². The molecule has 0 aliphatic heterocycles. The highest BCUT2D eigenvalue weighted by molar-refractivity contribution is 5.38. The van der Waals surface area contributed by atoms with Gasteiger partial charge >= 0.3 is 0 Å². The summed E-state index contributed by atoms with van der Waals surface area (Å²) in [6.45, 7) is 0.887. The fourth-order valence-electron chi connectivity index (χ4n) is 1.20. The lowest BCUT2D eigenvalue weighted by atomic mass is 10.1. The van der Waals surface area contributed by atoms with E-state index in [0.29, 0.717) is 17.0 Å². The molecule has 0 saturated heterocycles. The standard InChI is InChI=1S/C9H12FNO2/c1-6-4-11-9(13-2)8(5-12)7(6)3-10/h4,12H,3,5H2,1-2H3. The highest BCUT2D eigenvalue weighted by atomic mass is 19.1. The maximum absolute atomic E-state index is 12.6. The van der Waals surface area contributed by atoms with Crippen molar-refractivity contribution in [1.29, 1.82) is 0 Å². The second-order valence-electron chi connectivity index (χ2n) is 2.70. The Morgan fingerprint density at radius 3 is 2.69 bits per heavy atom. The van der Waals surface area contributed by atoms with Crippen molar-refractivity contribution in [3.05, 3.63) is 22.9 Å². The summed E-state index contributed by atoms with van der Waals surface area (Å²) in [5.41, 5.74) is 1.63. The summed E-state index contributed by atoms with van der Waals surface area (Å²) >= 11 is 0. The first-order chi connectivity index (χ1) is 6.24. The zero-order valence-electron chi connectivity index (χ0n) is 7.67. The zero-order valence-corrected chi connectivity index (χ0v) is 7.67. The number of aliphatic hydroxyl groups is 1. The van der Waals surface area contributed by atoms with Gasteiger partial charge in [-0.05, 0) is 18.1 Å². The molecule has 72 valence electrons. The van der Waals surface area contributed by atoms with Crippen molar-refractivity contribution < 1.29 is 14.2 Å². The SMILES string of the molecule is COc1ncc(C)c(CF)c1CO. The third kappa shape index (κ3) is 1.78. The van der Waals surface area contributed by atoms with Gasteiger partial charge in [-0.25, -0.2) is 9.37 Å². The van der Waals surface area contributed by atoms with Crippen molar-refractivity contribution in [3.8, 4) is 5.88 Å². The highest BCUT2D eigenvalue weighted by Gasteiger charge is 2.11. The van der Waals surface area contributed by atoms with Crippen LogP contribution in [0.4, 0.5) is 4.39 Å². The molecule has 0 bridgehead atoms. The van der Waals surface area contributed by atoms with E-state index < -0.39 is 6.67 Å². The predicted octanol–water partition coefficient (Wildman–Crippen LogP) is 1.36. The topological polar surface area (TPSA) is 42.4 Å². The molecule has 0 unspecified atom stereocenters. The number of nitrogens with zero attached hydrogens (tertiary/aromatic N) is 1. The van der Waals surface area contributed by atoms with Crippen LogP contribution >= 0.6 is 0 Å². The second kappa shape index (κ2) is 4.18. The molecular formula is C9H12FNO2. The van der Waals surface area contributed by atoms with Crippen LogP contribution in [0.3, 0.4) is 0 Å². The Balaban J connectivity index is 3.27. The van der Waals surface area contributed by atoms with E-state index in [2.05, 4.69) is 4.98 Å². The number of pyridine rings is 1. The van der Waals surface area contributed by atoms with Crippen LogP contribution in [0.5, 0.6) is 5.88 Å². The highest BCUT2D eigenvalue weighted by Crippen LogP contribution is 2.23. The Morgan fingerprint density at radius 2 is 2.23 bits per heavy atom. The van der Waals surface area contributed by atoms with Crippen molar-refractivity contribution in [2.75, 3.05) is 7.11 Å². The van der Waals surface area contributed by atoms with Crippen LogP contribution in [-0.2, 0) is 13.3 Å². The van der Waals surface area contributed by atoms with Gasteiger partial charge in [0.15, 0.2) is 0 Å². The minimum absolute atomic E-state index is 0.253. The molecule has 0 amide bonds. The molecule has 0 aromatic carbocycles. The molecule has 1 rings (SSSR count). The van der Waals surface area contributed by atoms with Crippen LogP contribution in [0.1, 0.15) is 16.7 Å². The van der Waals surface area contributed by atoms with Gasteiger partial charge in [-0.2, -0.15) is 0 Å². The molecular weight excluding hydrogens is 173 g/mol. The zero-order chi connectivity index (χ0) is 9.84. The van der Waals surface area contributed by atoms with E-state index in [1.165, 1.54) is 13.3 Å². The van der Waals surface area contributed by atoms with Gasteiger partial charge in [0, 0.05) is 11.8 Å². The summed E-state index contributed by atoms with van der Waals surface area (Å²) in [5, 5.41) is 9.00. The Hall–Kier alpha value is -1.16. The number of ether oxygens (including phenoxy) is 1. The number of methoxy groups -OCH3 is 1. The van der Waals surface area contributed by atoms with Crippen LogP contribution < -0.4 is 4.74 Å². The Kier molecular flexibility index (Phi) is 3.19. The number of halogens is 1. The van der Waals surface area contributed by atoms with Crippen LogP contribution in [-0.4, -0.2) is 17.2 Å². The first-order valence-electron chi connectivity index (χ1n) is 3.92. The predicted molar refractivity (Wildman–Crippen MR) is 46.3 cm³/mol. The first kappa shape index (κ1) is 9.92. The summed E-state index contributed by atoms with van der Waals surface area (Å²) in [5.74, 6) is 0.292. The van der Waals surface area contributed by atoms with Gasteiger partial charge in [-0.15, -0.1) is 0 Å². The maximum atomic E-state index is 12.6. The van der Waals surface area contributed by atoms with E-state index in [4.69, 9.17) is 9.84 Å². The summed E-state index contributed by atoms with van der Waals surface area (Å²) in [6, 6.07) is 0. The fraction of sp³-hybridized carbons (Fsp3) is 0.444.